The average Bonchev–Trinajstić information content (AvgIpc) is 2.72. The minimum atomic E-state index is -0.161. The first-order valence-corrected chi connectivity index (χ1v) is 10.1. The van der Waals surface area contributed by atoms with Gasteiger partial charge in [-0.2, -0.15) is 0 Å². The van der Waals surface area contributed by atoms with Gasteiger partial charge in [-0.1, -0.05) is 55.6 Å². The first kappa shape index (κ1) is 20.1. The maximum absolute atomic E-state index is 12.5. The van der Waals surface area contributed by atoms with E-state index in [1.165, 1.54) is 24.8 Å². The Kier molecular flexibility index (Phi) is 6.83. The fourth-order valence-electron chi connectivity index (χ4n) is 2.99. The molecule has 1 aromatic heterocycles. The van der Waals surface area contributed by atoms with Crippen LogP contribution >= 0.6 is 11.6 Å². The number of nitrogens with zero attached hydrogens (tertiary/aromatic N) is 1. The molecule has 1 amide bonds. The van der Waals surface area contributed by atoms with Gasteiger partial charge in [0.2, 0.25) is 0 Å². The van der Waals surface area contributed by atoms with Crippen molar-refractivity contribution >= 4 is 23.2 Å². The number of anilines is 1. The molecule has 0 unspecified atom stereocenters. The number of rotatable bonds is 7. The summed E-state index contributed by atoms with van der Waals surface area (Å²) in [6.07, 6.45) is 6.70. The van der Waals surface area contributed by atoms with Crippen LogP contribution in [0.2, 0.25) is 5.02 Å². The summed E-state index contributed by atoms with van der Waals surface area (Å²) in [4.78, 5) is 17.0. The molecule has 3 aromatic rings. The van der Waals surface area contributed by atoms with E-state index in [9.17, 15) is 4.79 Å². The fraction of sp³-hybridized carbons (Fsp3) is 0.250. The Labute approximate surface area is 171 Å². The Morgan fingerprint density at radius 2 is 1.82 bits per heavy atom. The van der Waals surface area contributed by atoms with E-state index in [0.29, 0.717) is 16.3 Å². The number of aryl methyl sites for hydroxylation is 2. The molecule has 0 aliphatic carbocycles. The number of halogens is 1. The van der Waals surface area contributed by atoms with Gasteiger partial charge >= 0.3 is 0 Å². The predicted molar refractivity (Wildman–Crippen MR) is 117 cm³/mol. The van der Waals surface area contributed by atoms with E-state index in [-0.39, 0.29) is 5.91 Å². The molecule has 0 saturated carbocycles. The van der Waals surface area contributed by atoms with Crippen molar-refractivity contribution in [1.82, 2.24) is 4.98 Å². The van der Waals surface area contributed by atoms with Crippen molar-refractivity contribution in [2.24, 2.45) is 0 Å². The van der Waals surface area contributed by atoms with Crippen LogP contribution in [0.3, 0.4) is 0 Å². The normalized spacial score (nSPS) is 10.7. The van der Waals surface area contributed by atoms with Gasteiger partial charge in [0.1, 0.15) is 0 Å². The van der Waals surface area contributed by atoms with Crippen molar-refractivity contribution in [3.63, 3.8) is 0 Å². The molecule has 144 valence electrons. The predicted octanol–water partition coefficient (Wildman–Crippen LogP) is 6.70. The quantitative estimate of drug-likeness (QED) is 0.455. The molecule has 1 N–H and O–H groups in total. The number of aromatic nitrogens is 1. The molecule has 0 radical (unpaired) electrons. The van der Waals surface area contributed by atoms with Gasteiger partial charge in [0.15, 0.2) is 0 Å². The van der Waals surface area contributed by atoms with Gasteiger partial charge in [-0.05, 0) is 61.2 Å². The molecule has 0 atom stereocenters. The van der Waals surface area contributed by atoms with Crippen LogP contribution in [0.15, 0.2) is 60.8 Å². The van der Waals surface area contributed by atoms with E-state index in [4.69, 9.17) is 11.6 Å². The third-order valence-electron chi connectivity index (χ3n) is 4.77. The second-order valence-corrected chi connectivity index (χ2v) is 7.41. The first-order chi connectivity index (χ1) is 13.6. The van der Waals surface area contributed by atoms with Crippen molar-refractivity contribution in [3.8, 4) is 11.3 Å². The molecule has 0 aliphatic heterocycles. The maximum Gasteiger partial charge on any atom is 0.255 e. The number of pyridine rings is 1. The minimum absolute atomic E-state index is 0.161. The molecule has 0 spiro atoms. The Morgan fingerprint density at radius 1 is 1.04 bits per heavy atom. The van der Waals surface area contributed by atoms with Crippen LogP contribution in [-0.2, 0) is 6.42 Å². The smallest absolute Gasteiger partial charge is 0.255 e. The van der Waals surface area contributed by atoms with Crippen molar-refractivity contribution in [2.45, 2.75) is 39.5 Å². The zero-order valence-electron chi connectivity index (χ0n) is 16.3. The van der Waals surface area contributed by atoms with Gasteiger partial charge in [0.05, 0.1) is 5.69 Å². The summed E-state index contributed by atoms with van der Waals surface area (Å²) in [7, 11) is 0. The van der Waals surface area contributed by atoms with Gasteiger partial charge < -0.3 is 5.32 Å². The van der Waals surface area contributed by atoms with Crippen molar-refractivity contribution in [1.29, 1.82) is 0 Å². The van der Waals surface area contributed by atoms with Crippen molar-refractivity contribution in [3.05, 3.63) is 82.5 Å². The SMILES string of the molecule is CCCCCc1ccc(-c2ccc(C(=O)Nc3ccc(C)c(Cl)c3)cc2)nc1. The summed E-state index contributed by atoms with van der Waals surface area (Å²) in [5.74, 6) is -0.161. The van der Waals surface area contributed by atoms with E-state index in [1.54, 1.807) is 6.07 Å². The van der Waals surface area contributed by atoms with Crippen molar-refractivity contribution in [2.75, 3.05) is 5.32 Å². The van der Waals surface area contributed by atoms with E-state index < -0.39 is 0 Å². The van der Waals surface area contributed by atoms with E-state index >= 15 is 0 Å². The summed E-state index contributed by atoms with van der Waals surface area (Å²) >= 11 is 6.12. The summed E-state index contributed by atoms with van der Waals surface area (Å²) in [6, 6.07) is 17.2. The van der Waals surface area contributed by atoms with Crippen LogP contribution in [0.5, 0.6) is 0 Å². The maximum atomic E-state index is 12.5. The molecule has 1 heterocycles. The highest BCUT2D eigenvalue weighted by atomic mass is 35.5. The Morgan fingerprint density at radius 3 is 2.46 bits per heavy atom. The second-order valence-electron chi connectivity index (χ2n) is 7.00. The van der Waals surface area contributed by atoms with Gasteiger partial charge in [0, 0.05) is 28.0 Å². The lowest BCUT2D eigenvalue weighted by Gasteiger charge is -2.08. The summed E-state index contributed by atoms with van der Waals surface area (Å²) in [5.41, 5.74) is 5.44. The first-order valence-electron chi connectivity index (χ1n) is 9.69. The monoisotopic (exact) mass is 392 g/mol. The zero-order chi connectivity index (χ0) is 19.9. The number of benzene rings is 2. The Balaban J connectivity index is 1.65. The number of hydrogen-bond acceptors (Lipinski definition) is 2. The van der Waals surface area contributed by atoms with Crippen LogP contribution in [0.4, 0.5) is 5.69 Å². The lowest BCUT2D eigenvalue weighted by molar-refractivity contribution is 0.102. The van der Waals surface area contributed by atoms with Crippen molar-refractivity contribution < 1.29 is 4.79 Å². The number of unbranched alkanes of at least 4 members (excludes halogenated alkanes) is 2. The molecule has 2 aromatic carbocycles. The average molecular weight is 393 g/mol. The number of carbonyl (C=O) groups excluding carboxylic acids is 1. The molecule has 3 rings (SSSR count). The number of hydrogen-bond donors (Lipinski definition) is 1. The van der Waals surface area contributed by atoms with Crippen LogP contribution in [-0.4, -0.2) is 10.9 Å². The van der Waals surface area contributed by atoms with Gasteiger partial charge in [-0.15, -0.1) is 0 Å². The summed E-state index contributed by atoms with van der Waals surface area (Å²) in [5, 5.41) is 3.51. The molecule has 28 heavy (non-hydrogen) atoms. The topological polar surface area (TPSA) is 42.0 Å². The molecular weight excluding hydrogens is 368 g/mol. The van der Waals surface area contributed by atoms with Gasteiger partial charge in [-0.25, -0.2) is 0 Å². The van der Waals surface area contributed by atoms with Gasteiger partial charge in [-0.3, -0.25) is 9.78 Å². The highest BCUT2D eigenvalue weighted by molar-refractivity contribution is 6.31. The van der Waals surface area contributed by atoms with Crippen LogP contribution in [0.25, 0.3) is 11.3 Å². The van der Waals surface area contributed by atoms with E-state index in [0.717, 1.165) is 23.2 Å². The zero-order valence-corrected chi connectivity index (χ0v) is 17.1. The molecule has 0 fully saturated rings. The Bertz CT molecular complexity index is 934. The molecule has 0 bridgehead atoms. The third-order valence-corrected chi connectivity index (χ3v) is 5.17. The number of amides is 1. The van der Waals surface area contributed by atoms with E-state index in [2.05, 4.69) is 23.3 Å². The highest BCUT2D eigenvalue weighted by Gasteiger charge is 2.08. The lowest BCUT2D eigenvalue weighted by atomic mass is 10.1. The summed E-state index contributed by atoms with van der Waals surface area (Å²) in [6.45, 7) is 4.14. The number of carbonyl (C=O) groups is 1. The van der Waals surface area contributed by atoms with Crippen LogP contribution in [0, 0.1) is 6.92 Å². The fourth-order valence-corrected chi connectivity index (χ4v) is 3.17. The lowest BCUT2D eigenvalue weighted by Crippen LogP contribution is -2.11. The van der Waals surface area contributed by atoms with E-state index in [1.807, 2.05) is 55.6 Å². The third kappa shape index (κ3) is 5.20. The molecule has 3 nitrogen and oxygen atoms in total. The van der Waals surface area contributed by atoms with Crippen LogP contribution < -0.4 is 5.32 Å². The van der Waals surface area contributed by atoms with Crippen LogP contribution in [0.1, 0.15) is 47.7 Å². The second kappa shape index (κ2) is 9.52. The molecule has 4 heteroatoms. The Hall–Kier alpha value is -2.65. The molecular formula is C24H25ClN2O. The molecule has 0 aliphatic rings. The highest BCUT2D eigenvalue weighted by Crippen LogP contribution is 2.22. The minimum Gasteiger partial charge on any atom is -0.322 e. The number of nitrogens with one attached hydrogen (secondary N) is 1. The summed E-state index contributed by atoms with van der Waals surface area (Å²) < 4.78 is 0. The molecule has 0 saturated heterocycles. The largest absolute Gasteiger partial charge is 0.322 e. The standard InChI is InChI=1S/C24H25ClN2O/c1-3-4-5-6-18-8-14-23(26-16-18)19-9-11-20(12-10-19)24(28)27-21-13-7-17(2)22(25)15-21/h7-16H,3-6H2,1-2H3,(H,27,28). The van der Waals surface area contributed by atoms with Gasteiger partial charge in [0.25, 0.3) is 5.91 Å².